The van der Waals surface area contributed by atoms with E-state index in [9.17, 15) is 13.2 Å². The molecule has 15 heavy (non-hydrogen) atoms. The number of piperidine rings is 1. The Morgan fingerprint density at radius 3 is 2.67 bits per heavy atom. The monoisotopic (exact) mass is 233 g/mol. The van der Waals surface area contributed by atoms with E-state index in [1.807, 2.05) is 0 Å². The van der Waals surface area contributed by atoms with Gasteiger partial charge >= 0.3 is 0 Å². The molecule has 1 saturated heterocycles. The summed E-state index contributed by atoms with van der Waals surface area (Å²) in [5, 5.41) is 0. The molecule has 0 saturated carbocycles. The second kappa shape index (κ2) is 4.85. The highest BCUT2D eigenvalue weighted by Gasteiger charge is 2.30. The van der Waals surface area contributed by atoms with Crippen LogP contribution in [0.25, 0.3) is 0 Å². The maximum Gasteiger partial charge on any atom is 0.281 e. The molecule has 1 aliphatic heterocycles. The van der Waals surface area contributed by atoms with Gasteiger partial charge in [0, 0.05) is 27.2 Å². The van der Waals surface area contributed by atoms with E-state index >= 15 is 0 Å². The fraction of sp³-hybridized carbons (Fsp3) is 0.875. The van der Waals surface area contributed by atoms with E-state index in [2.05, 4.69) is 4.99 Å². The van der Waals surface area contributed by atoms with Crippen molar-refractivity contribution in [1.29, 1.82) is 0 Å². The number of isocyanates is 1. The first-order chi connectivity index (χ1) is 6.98. The molecule has 86 valence electrons. The Labute approximate surface area is 89.8 Å². The van der Waals surface area contributed by atoms with Gasteiger partial charge in [-0.25, -0.2) is 9.79 Å². The molecule has 1 rings (SSSR count). The number of carbonyl (C=O) groups excluding carboxylic acids is 1. The molecular formula is C8H15N3O3S. The summed E-state index contributed by atoms with van der Waals surface area (Å²) in [7, 11) is -0.398. The fourth-order valence-corrected chi connectivity index (χ4v) is 2.72. The lowest BCUT2D eigenvalue weighted by Crippen LogP contribution is -2.46. The first kappa shape index (κ1) is 12.3. The maximum absolute atomic E-state index is 11.7. The Morgan fingerprint density at radius 1 is 1.47 bits per heavy atom. The van der Waals surface area contributed by atoms with Gasteiger partial charge in [0.25, 0.3) is 10.2 Å². The highest BCUT2D eigenvalue weighted by molar-refractivity contribution is 7.86. The molecule has 0 N–H and O–H groups in total. The van der Waals surface area contributed by atoms with Gasteiger partial charge in [0.05, 0.1) is 6.04 Å². The van der Waals surface area contributed by atoms with Crippen LogP contribution < -0.4 is 0 Å². The average Bonchev–Trinajstić information content (AvgIpc) is 2.18. The third-order valence-electron chi connectivity index (χ3n) is 2.38. The summed E-state index contributed by atoms with van der Waals surface area (Å²) in [6.45, 7) is 0.765. The largest absolute Gasteiger partial charge is 0.281 e. The van der Waals surface area contributed by atoms with Crippen LogP contribution in [0.4, 0.5) is 0 Å². The fourth-order valence-electron chi connectivity index (χ4n) is 1.54. The van der Waals surface area contributed by atoms with E-state index in [-0.39, 0.29) is 12.6 Å². The van der Waals surface area contributed by atoms with Gasteiger partial charge in [-0.3, -0.25) is 0 Å². The third kappa shape index (κ3) is 2.85. The lowest BCUT2D eigenvalue weighted by Gasteiger charge is -2.31. The molecule has 0 aromatic rings. The number of hydrogen-bond donors (Lipinski definition) is 0. The van der Waals surface area contributed by atoms with Crippen molar-refractivity contribution in [3.63, 3.8) is 0 Å². The lowest BCUT2D eigenvalue weighted by atomic mass is 10.1. The molecule has 0 aromatic carbocycles. The van der Waals surface area contributed by atoms with Crippen LogP contribution in [0, 0.1) is 0 Å². The maximum atomic E-state index is 11.7. The van der Waals surface area contributed by atoms with E-state index < -0.39 is 10.2 Å². The first-order valence-electron chi connectivity index (χ1n) is 4.73. The normalized spacial score (nSPS) is 23.8. The van der Waals surface area contributed by atoms with Crippen LogP contribution in [0.2, 0.25) is 0 Å². The van der Waals surface area contributed by atoms with Crippen molar-refractivity contribution in [3.05, 3.63) is 0 Å². The van der Waals surface area contributed by atoms with Gasteiger partial charge in [-0.05, 0) is 12.8 Å². The average molecular weight is 233 g/mol. The van der Waals surface area contributed by atoms with Gasteiger partial charge in [0.1, 0.15) is 0 Å². The molecule has 7 heteroatoms. The van der Waals surface area contributed by atoms with E-state index in [1.165, 1.54) is 28.8 Å². The SMILES string of the molecule is CN(C)S(=O)(=O)N1CCCC(N=C=O)C1. The van der Waals surface area contributed by atoms with Crippen LogP contribution in [0.3, 0.4) is 0 Å². The zero-order valence-corrected chi connectivity index (χ0v) is 9.70. The quantitative estimate of drug-likeness (QED) is 0.491. The molecule has 0 bridgehead atoms. The van der Waals surface area contributed by atoms with Crippen molar-refractivity contribution in [3.8, 4) is 0 Å². The summed E-state index contributed by atoms with van der Waals surface area (Å²) in [6, 6.07) is -0.244. The summed E-state index contributed by atoms with van der Waals surface area (Å²) < 4.78 is 26.0. The molecule has 1 fully saturated rings. The smallest absolute Gasteiger partial charge is 0.211 e. The van der Waals surface area contributed by atoms with Gasteiger partial charge in [-0.1, -0.05) is 0 Å². The van der Waals surface area contributed by atoms with Crippen molar-refractivity contribution < 1.29 is 13.2 Å². The van der Waals surface area contributed by atoms with Crippen molar-refractivity contribution in [2.24, 2.45) is 4.99 Å². The number of nitrogens with zero attached hydrogens (tertiary/aromatic N) is 3. The predicted molar refractivity (Wildman–Crippen MR) is 55.3 cm³/mol. The minimum Gasteiger partial charge on any atom is -0.211 e. The summed E-state index contributed by atoms with van der Waals surface area (Å²) in [4.78, 5) is 13.7. The van der Waals surface area contributed by atoms with Crippen LogP contribution in [0.5, 0.6) is 0 Å². The Morgan fingerprint density at radius 2 is 2.13 bits per heavy atom. The van der Waals surface area contributed by atoms with Crippen molar-refractivity contribution in [2.45, 2.75) is 18.9 Å². The minimum absolute atomic E-state index is 0.244. The van der Waals surface area contributed by atoms with Gasteiger partial charge in [-0.2, -0.15) is 17.0 Å². The van der Waals surface area contributed by atoms with E-state index in [0.717, 1.165) is 12.8 Å². The highest BCUT2D eigenvalue weighted by atomic mass is 32.2. The van der Waals surface area contributed by atoms with Crippen LogP contribution >= 0.6 is 0 Å². The predicted octanol–water partition coefficient (Wildman–Crippen LogP) is -0.407. The molecule has 0 spiro atoms. The van der Waals surface area contributed by atoms with Gasteiger partial charge in [0.2, 0.25) is 6.08 Å². The minimum atomic E-state index is -3.37. The molecule has 0 radical (unpaired) electrons. The summed E-state index contributed by atoms with van der Waals surface area (Å²) in [5.74, 6) is 0. The molecule has 0 aromatic heterocycles. The third-order valence-corrected chi connectivity index (χ3v) is 4.29. The standard InChI is InChI=1S/C8H15N3O3S/c1-10(2)15(13,14)11-5-3-4-8(6-11)9-7-12/h8H,3-6H2,1-2H3. The number of aliphatic imine (C=N–C) groups is 1. The Hall–Kier alpha value is -0.750. The summed E-state index contributed by atoms with van der Waals surface area (Å²) >= 11 is 0. The van der Waals surface area contributed by atoms with E-state index in [0.29, 0.717) is 6.54 Å². The van der Waals surface area contributed by atoms with Crippen LogP contribution in [0.15, 0.2) is 4.99 Å². The van der Waals surface area contributed by atoms with E-state index in [4.69, 9.17) is 0 Å². The zero-order valence-electron chi connectivity index (χ0n) is 8.88. The van der Waals surface area contributed by atoms with Crippen molar-refractivity contribution >= 4 is 16.3 Å². The Kier molecular flexibility index (Phi) is 3.98. The Bertz CT molecular complexity index is 359. The second-order valence-corrected chi connectivity index (χ2v) is 5.81. The molecule has 0 amide bonds. The zero-order chi connectivity index (χ0) is 11.5. The van der Waals surface area contributed by atoms with Crippen LogP contribution in [-0.2, 0) is 15.0 Å². The molecule has 6 nitrogen and oxygen atoms in total. The highest BCUT2D eigenvalue weighted by Crippen LogP contribution is 2.17. The summed E-state index contributed by atoms with van der Waals surface area (Å²) in [6.07, 6.45) is 2.95. The van der Waals surface area contributed by atoms with Crippen molar-refractivity contribution in [2.75, 3.05) is 27.2 Å². The van der Waals surface area contributed by atoms with E-state index in [1.54, 1.807) is 0 Å². The Balaban J connectivity index is 2.76. The summed E-state index contributed by atoms with van der Waals surface area (Å²) in [5.41, 5.74) is 0. The van der Waals surface area contributed by atoms with Gasteiger partial charge in [-0.15, -0.1) is 0 Å². The topological polar surface area (TPSA) is 70.1 Å². The molecule has 1 heterocycles. The number of rotatable bonds is 3. The number of hydrogen-bond acceptors (Lipinski definition) is 4. The molecule has 1 atom stereocenters. The second-order valence-electron chi connectivity index (χ2n) is 3.66. The molecular weight excluding hydrogens is 218 g/mol. The first-order valence-corrected chi connectivity index (χ1v) is 6.12. The van der Waals surface area contributed by atoms with Crippen LogP contribution in [0.1, 0.15) is 12.8 Å². The lowest BCUT2D eigenvalue weighted by molar-refractivity contribution is 0.299. The molecule has 1 aliphatic rings. The van der Waals surface area contributed by atoms with Crippen LogP contribution in [-0.4, -0.2) is 56.3 Å². The van der Waals surface area contributed by atoms with Gasteiger partial charge in [0.15, 0.2) is 0 Å². The van der Waals surface area contributed by atoms with Gasteiger partial charge < -0.3 is 0 Å². The van der Waals surface area contributed by atoms with Crippen molar-refractivity contribution in [1.82, 2.24) is 8.61 Å². The molecule has 1 unspecified atom stereocenters. The molecule has 0 aliphatic carbocycles.